The minimum Gasteiger partial charge on any atom is -0.467 e. The highest BCUT2D eigenvalue weighted by atomic mass is 16.8. The standard InChI is InChI=1S/C18H24O12/c1-23-13(19)9-10(14(20)24-2)28-17(27-9)5-7-18(8-6-17)29-11(15(21)25-3)12(30-18)16(22)26-4/h9-12H,5-8H2,1-4H3. The van der Waals surface area contributed by atoms with Crippen molar-refractivity contribution in [2.24, 2.45) is 0 Å². The molecule has 3 fully saturated rings. The molecule has 1 aliphatic carbocycles. The Morgan fingerprint density at radius 2 is 0.733 bits per heavy atom. The molecule has 2 aliphatic heterocycles. The third-order valence-corrected chi connectivity index (χ3v) is 5.42. The molecule has 0 aromatic heterocycles. The molecule has 0 amide bonds. The lowest BCUT2D eigenvalue weighted by Crippen LogP contribution is -2.45. The van der Waals surface area contributed by atoms with Crippen LogP contribution in [0, 0.1) is 0 Å². The van der Waals surface area contributed by atoms with Gasteiger partial charge >= 0.3 is 23.9 Å². The molecule has 0 aromatic rings. The summed E-state index contributed by atoms with van der Waals surface area (Å²) in [6.07, 6.45) is -4.54. The Morgan fingerprint density at radius 1 is 0.533 bits per heavy atom. The Balaban J connectivity index is 1.75. The van der Waals surface area contributed by atoms with Crippen LogP contribution in [0.25, 0.3) is 0 Å². The minimum absolute atomic E-state index is 0.149. The zero-order valence-electron chi connectivity index (χ0n) is 17.0. The van der Waals surface area contributed by atoms with Crippen molar-refractivity contribution in [2.75, 3.05) is 28.4 Å². The summed E-state index contributed by atoms with van der Waals surface area (Å²) in [5, 5.41) is 0. The van der Waals surface area contributed by atoms with Gasteiger partial charge in [0.05, 0.1) is 28.4 Å². The predicted octanol–water partition coefficient (Wildman–Crippen LogP) is -0.787. The van der Waals surface area contributed by atoms with Crippen LogP contribution in [0.15, 0.2) is 0 Å². The molecule has 12 heteroatoms. The molecule has 0 bridgehead atoms. The molecule has 0 radical (unpaired) electrons. The molecule has 2 spiro atoms. The van der Waals surface area contributed by atoms with Gasteiger partial charge in [-0.05, 0) is 0 Å². The second-order valence-electron chi connectivity index (χ2n) is 7.07. The fourth-order valence-corrected chi connectivity index (χ4v) is 3.86. The van der Waals surface area contributed by atoms with Crippen LogP contribution >= 0.6 is 0 Å². The summed E-state index contributed by atoms with van der Waals surface area (Å²) in [5.74, 6) is -5.64. The van der Waals surface area contributed by atoms with Gasteiger partial charge in [-0.15, -0.1) is 0 Å². The number of esters is 4. The number of hydrogen-bond acceptors (Lipinski definition) is 12. The second-order valence-corrected chi connectivity index (χ2v) is 7.07. The van der Waals surface area contributed by atoms with Gasteiger partial charge in [0.1, 0.15) is 0 Å². The van der Waals surface area contributed by atoms with E-state index in [4.69, 9.17) is 18.9 Å². The molecule has 30 heavy (non-hydrogen) atoms. The van der Waals surface area contributed by atoms with Crippen LogP contribution in [0.1, 0.15) is 25.7 Å². The molecule has 0 N–H and O–H groups in total. The normalized spacial score (nSPS) is 37.7. The first-order valence-corrected chi connectivity index (χ1v) is 9.26. The molecule has 2 heterocycles. The maximum absolute atomic E-state index is 12.0. The van der Waals surface area contributed by atoms with Gasteiger partial charge < -0.3 is 37.9 Å². The summed E-state index contributed by atoms with van der Waals surface area (Å²) in [6, 6.07) is 0. The summed E-state index contributed by atoms with van der Waals surface area (Å²) >= 11 is 0. The highest BCUT2D eigenvalue weighted by Crippen LogP contribution is 2.49. The Bertz CT molecular complexity index is 598. The molecule has 3 rings (SSSR count). The zero-order valence-corrected chi connectivity index (χ0v) is 17.0. The molecule has 4 unspecified atom stereocenters. The van der Waals surface area contributed by atoms with Crippen LogP contribution in [-0.4, -0.2) is 88.3 Å². The summed E-state index contributed by atoms with van der Waals surface area (Å²) in [7, 11) is 4.67. The number of carbonyl (C=O) groups is 4. The van der Waals surface area contributed by atoms with E-state index < -0.39 is 59.9 Å². The quantitative estimate of drug-likeness (QED) is 0.406. The van der Waals surface area contributed by atoms with Crippen LogP contribution in [0.3, 0.4) is 0 Å². The van der Waals surface area contributed by atoms with Gasteiger partial charge in [0.25, 0.3) is 0 Å². The maximum Gasteiger partial charge on any atom is 0.338 e. The first-order chi connectivity index (χ1) is 14.2. The monoisotopic (exact) mass is 432 g/mol. The van der Waals surface area contributed by atoms with Crippen molar-refractivity contribution in [1.29, 1.82) is 0 Å². The van der Waals surface area contributed by atoms with E-state index in [0.29, 0.717) is 0 Å². The Kier molecular flexibility index (Phi) is 6.32. The van der Waals surface area contributed by atoms with Gasteiger partial charge in [-0.3, -0.25) is 0 Å². The number of carbonyl (C=O) groups excluding carboxylic acids is 4. The smallest absolute Gasteiger partial charge is 0.338 e. The van der Waals surface area contributed by atoms with Crippen LogP contribution in [0.4, 0.5) is 0 Å². The van der Waals surface area contributed by atoms with Crippen LogP contribution in [0.5, 0.6) is 0 Å². The van der Waals surface area contributed by atoms with Crippen LogP contribution in [-0.2, 0) is 57.1 Å². The molecule has 1 saturated carbocycles. The maximum atomic E-state index is 12.0. The number of ether oxygens (including phenoxy) is 8. The minimum atomic E-state index is -1.28. The van der Waals surface area contributed by atoms with E-state index in [-0.39, 0.29) is 25.7 Å². The van der Waals surface area contributed by atoms with E-state index >= 15 is 0 Å². The van der Waals surface area contributed by atoms with E-state index in [1.165, 1.54) is 28.4 Å². The predicted molar refractivity (Wildman–Crippen MR) is 91.5 cm³/mol. The van der Waals surface area contributed by atoms with E-state index in [1.54, 1.807) is 0 Å². The lowest BCUT2D eigenvalue weighted by Gasteiger charge is -2.40. The molecule has 12 nitrogen and oxygen atoms in total. The van der Waals surface area contributed by atoms with Crippen molar-refractivity contribution < 1.29 is 57.1 Å². The van der Waals surface area contributed by atoms with Gasteiger partial charge in [-0.1, -0.05) is 0 Å². The average Bonchev–Trinajstić information content (AvgIpc) is 3.34. The molecule has 0 aromatic carbocycles. The number of rotatable bonds is 4. The van der Waals surface area contributed by atoms with E-state index in [0.717, 1.165) is 0 Å². The van der Waals surface area contributed by atoms with Crippen molar-refractivity contribution in [3.63, 3.8) is 0 Å². The van der Waals surface area contributed by atoms with Gasteiger partial charge in [-0.2, -0.15) is 0 Å². The number of hydrogen-bond donors (Lipinski definition) is 0. The zero-order chi connectivity index (χ0) is 22.1. The van der Waals surface area contributed by atoms with Crippen molar-refractivity contribution in [1.82, 2.24) is 0 Å². The topological polar surface area (TPSA) is 142 Å². The van der Waals surface area contributed by atoms with Crippen molar-refractivity contribution in [2.45, 2.75) is 61.7 Å². The van der Waals surface area contributed by atoms with E-state index in [9.17, 15) is 19.2 Å². The van der Waals surface area contributed by atoms with E-state index in [1.807, 2.05) is 0 Å². The first-order valence-electron chi connectivity index (χ1n) is 9.26. The highest BCUT2D eigenvalue weighted by Gasteiger charge is 2.62. The average molecular weight is 432 g/mol. The van der Waals surface area contributed by atoms with Crippen LogP contribution < -0.4 is 0 Å². The lowest BCUT2D eigenvalue weighted by atomic mass is 9.89. The van der Waals surface area contributed by atoms with Crippen molar-refractivity contribution >= 4 is 23.9 Å². The van der Waals surface area contributed by atoms with Gasteiger partial charge in [0, 0.05) is 25.7 Å². The van der Waals surface area contributed by atoms with Gasteiger partial charge in [0.15, 0.2) is 36.0 Å². The molecule has 4 atom stereocenters. The SMILES string of the molecule is COC(=O)C1OC2(CCC3(CC2)OC(C(=O)OC)C(C(=O)OC)O3)OC1C(=O)OC. The third kappa shape index (κ3) is 3.87. The fourth-order valence-electron chi connectivity index (χ4n) is 3.86. The fraction of sp³-hybridized carbons (Fsp3) is 0.778. The number of methoxy groups -OCH3 is 4. The van der Waals surface area contributed by atoms with Crippen molar-refractivity contribution in [3.05, 3.63) is 0 Å². The highest BCUT2D eigenvalue weighted by molar-refractivity contribution is 5.86. The summed E-state index contributed by atoms with van der Waals surface area (Å²) in [5.41, 5.74) is 0. The Hall–Kier alpha value is -2.28. The third-order valence-electron chi connectivity index (χ3n) is 5.42. The van der Waals surface area contributed by atoms with E-state index in [2.05, 4.69) is 18.9 Å². The summed E-state index contributed by atoms with van der Waals surface area (Å²) in [4.78, 5) is 48.1. The molecular formula is C18H24O12. The molecule has 3 aliphatic rings. The van der Waals surface area contributed by atoms with Crippen molar-refractivity contribution in [3.8, 4) is 0 Å². The first kappa shape index (κ1) is 22.4. The van der Waals surface area contributed by atoms with Gasteiger partial charge in [0.2, 0.25) is 0 Å². The second kappa shape index (κ2) is 8.46. The molecule has 2 saturated heterocycles. The largest absolute Gasteiger partial charge is 0.467 e. The van der Waals surface area contributed by atoms with Crippen LogP contribution in [0.2, 0.25) is 0 Å². The lowest BCUT2D eigenvalue weighted by molar-refractivity contribution is -0.265. The summed E-state index contributed by atoms with van der Waals surface area (Å²) in [6.45, 7) is 0. The van der Waals surface area contributed by atoms with Gasteiger partial charge in [-0.25, -0.2) is 19.2 Å². The molecular weight excluding hydrogens is 408 g/mol. The molecule has 168 valence electrons. The summed E-state index contributed by atoms with van der Waals surface area (Å²) < 4.78 is 41.9. The Morgan fingerprint density at radius 3 is 0.900 bits per heavy atom. The Labute approximate surface area is 171 Å².